The highest BCUT2D eigenvalue weighted by molar-refractivity contribution is 7.99. The van der Waals surface area contributed by atoms with E-state index in [-0.39, 0.29) is 5.91 Å². The van der Waals surface area contributed by atoms with Crippen LogP contribution in [0.3, 0.4) is 0 Å². The standard InChI is InChI=1S/C20H25N3O2S/c1-6-25-16-9-7-8-15-14(2)12-20(3,4)23(18(15)16)17(24)13-26-19-21-10-11-22(19)5/h7-12H,6,13H2,1-5H3. The van der Waals surface area contributed by atoms with Gasteiger partial charge < -0.3 is 9.30 Å². The van der Waals surface area contributed by atoms with Gasteiger partial charge in [0.2, 0.25) is 5.91 Å². The quantitative estimate of drug-likeness (QED) is 0.741. The maximum absolute atomic E-state index is 13.2. The summed E-state index contributed by atoms with van der Waals surface area (Å²) in [5.74, 6) is 1.11. The number of allylic oxidation sites excluding steroid dienone is 1. The number of nitrogens with zero attached hydrogens (tertiary/aromatic N) is 3. The van der Waals surface area contributed by atoms with E-state index in [0.717, 1.165) is 27.7 Å². The lowest BCUT2D eigenvalue weighted by atomic mass is 9.88. The van der Waals surface area contributed by atoms with Gasteiger partial charge in [0, 0.05) is 25.0 Å². The molecule has 1 amide bonds. The van der Waals surface area contributed by atoms with E-state index in [1.54, 1.807) is 6.20 Å². The first-order valence-electron chi connectivity index (χ1n) is 8.74. The molecule has 3 rings (SSSR count). The molecule has 0 radical (unpaired) electrons. The van der Waals surface area contributed by atoms with Crippen LogP contribution in [0.4, 0.5) is 5.69 Å². The predicted octanol–water partition coefficient (Wildman–Crippen LogP) is 4.14. The Morgan fingerprint density at radius 3 is 2.77 bits per heavy atom. The SMILES string of the molecule is CCOc1cccc2c1N(C(=O)CSc1nccn1C)C(C)(C)C=C2C. The lowest BCUT2D eigenvalue weighted by molar-refractivity contribution is -0.116. The van der Waals surface area contributed by atoms with Gasteiger partial charge in [-0.05, 0) is 39.3 Å². The van der Waals surface area contributed by atoms with E-state index < -0.39 is 5.54 Å². The minimum absolute atomic E-state index is 0.0418. The van der Waals surface area contributed by atoms with Gasteiger partial charge in [0.05, 0.1) is 23.6 Å². The highest BCUT2D eigenvalue weighted by Crippen LogP contribution is 2.44. The summed E-state index contributed by atoms with van der Waals surface area (Å²) in [4.78, 5) is 19.4. The minimum Gasteiger partial charge on any atom is -0.492 e. The Bertz CT molecular complexity index is 854. The van der Waals surface area contributed by atoms with Gasteiger partial charge in [-0.15, -0.1) is 0 Å². The molecule has 1 aliphatic heterocycles. The number of thioether (sulfide) groups is 1. The number of fused-ring (bicyclic) bond motifs is 1. The molecule has 0 unspecified atom stereocenters. The zero-order valence-electron chi connectivity index (χ0n) is 15.9. The summed E-state index contributed by atoms with van der Waals surface area (Å²) in [7, 11) is 1.93. The van der Waals surface area contributed by atoms with Gasteiger partial charge in [0.25, 0.3) is 0 Å². The van der Waals surface area contributed by atoms with Crippen LogP contribution in [-0.2, 0) is 11.8 Å². The van der Waals surface area contributed by atoms with Crippen LogP contribution in [0.15, 0.2) is 41.8 Å². The van der Waals surface area contributed by atoms with E-state index in [4.69, 9.17) is 4.74 Å². The lowest BCUT2D eigenvalue weighted by Crippen LogP contribution is -2.50. The number of benzene rings is 1. The van der Waals surface area contributed by atoms with Crippen molar-refractivity contribution in [1.82, 2.24) is 9.55 Å². The van der Waals surface area contributed by atoms with Crippen LogP contribution in [0, 0.1) is 0 Å². The van der Waals surface area contributed by atoms with Crippen molar-refractivity contribution in [3.05, 3.63) is 42.2 Å². The first-order valence-corrected chi connectivity index (χ1v) is 9.72. The Kier molecular flexibility index (Phi) is 5.14. The molecule has 0 atom stereocenters. The number of amides is 1. The van der Waals surface area contributed by atoms with Gasteiger partial charge >= 0.3 is 0 Å². The molecule has 2 heterocycles. The van der Waals surface area contributed by atoms with Gasteiger partial charge in [-0.25, -0.2) is 4.98 Å². The number of carbonyl (C=O) groups excluding carboxylic acids is 1. The molecule has 1 aliphatic rings. The Balaban J connectivity index is 1.97. The zero-order chi connectivity index (χ0) is 18.9. The minimum atomic E-state index is -0.427. The zero-order valence-corrected chi connectivity index (χ0v) is 16.8. The van der Waals surface area contributed by atoms with Crippen molar-refractivity contribution in [2.24, 2.45) is 7.05 Å². The highest BCUT2D eigenvalue weighted by atomic mass is 32.2. The number of hydrogen-bond donors (Lipinski definition) is 0. The molecule has 0 saturated heterocycles. The fourth-order valence-electron chi connectivity index (χ4n) is 3.43. The molecule has 5 nitrogen and oxygen atoms in total. The second-order valence-electron chi connectivity index (χ2n) is 6.90. The molecule has 0 N–H and O–H groups in total. The predicted molar refractivity (Wildman–Crippen MR) is 107 cm³/mol. The third-order valence-corrected chi connectivity index (χ3v) is 5.49. The van der Waals surface area contributed by atoms with Crippen LogP contribution in [0.2, 0.25) is 0 Å². The highest BCUT2D eigenvalue weighted by Gasteiger charge is 2.37. The summed E-state index contributed by atoms with van der Waals surface area (Å²) < 4.78 is 7.77. The molecule has 0 fully saturated rings. The lowest BCUT2D eigenvalue weighted by Gasteiger charge is -2.42. The Hall–Kier alpha value is -2.21. The second kappa shape index (κ2) is 7.19. The van der Waals surface area contributed by atoms with Crippen molar-refractivity contribution >= 4 is 28.9 Å². The molecule has 6 heteroatoms. The molecule has 0 bridgehead atoms. The molecule has 0 aliphatic carbocycles. The van der Waals surface area contributed by atoms with Crippen LogP contribution < -0.4 is 9.64 Å². The van der Waals surface area contributed by atoms with Gasteiger partial charge in [-0.2, -0.15) is 0 Å². The number of hydrogen-bond acceptors (Lipinski definition) is 4. The summed E-state index contributed by atoms with van der Waals surface area (Å²) in [6, 6.07) is 5.96. The van der Waals surface area contributed by atoms with Crippen LogP contribution in [0.25, 0.3) is 5.57 Å². The third-order valence-electron chi connectivity index (χ3n) is 4.44. The van der Waals surface area contributed by atoms with Gasteiger partial charge in [0.1, 0.15) is 5.75 Å². The summed E-state index contributed by atoms with van der Waals surface area (Å²) in [5.41, 5.74) is 2.64. The number of aromatic nitrogens is 2. The van der Waals surface area contributed by atoms with Crippen LogP contribution >= 0.6 is 11.8 Å². The van der Waals surface area contributed by atoms with Crippen LogP contribution in [0.5, 0.6) is 5.75 Å². The van der Waals surface area contributed by atoms with E-state index in [9.17, 15) is 4.79 Å². The number of imidazole rings is 1. The second-order valence-corrected chi connectivity index (χ2v) is 7.85. The van der Waals surface area contributed by atoms with Gasteiger partial charge in [0.15, 0.2) is 5.16 Å². The number of aryl methyl sites for hydroxylation is 1. The number of ether oxygens (including phenoxy) is 1. The van der Waals surface area contributed by atoms with Crippen LogP contribution in [-0.4, -0.2) is 33.4 Å². The summed E-state index contributed by atoms with van der Waals surface area (Å²) >= 11 is 1.45. The summed E-state index contributed by atoms with van der Waals surface area (Å²) in [5, 5.41) is 0.832. The van der Waals surface area contributed by atoms with Crippen molar-refractivity contribution in [1.29, 1.82) is 0 Å². The van der Waals surface area contributed by atoms with Gasteiger partial charge in [-0.1, -0.05) is 30.0 Å². The first kappa shape index (κ1) is 18.6. The van der Waals surface area contributed by atoms with E-state index >= 15 is 0 Å². The Morgan fingerprint density at radius 1 is 1.35 bits per heavy atom. The topological polar surface area (TPSA) is 47.4 Å². The summed E-state index contributed by atoms with van der Waals surface area (Å²) in [6.07, 6.45) is 5.77. The van der Waals surface area contributed by atoms with Crippen molar-refractivity contribution in [2.75, 3.05) is 17.3 Å². The van der Waals surface area contributed by atoms with E-state index in [2.05, 4.69) is 31.8 Å². The molecule has 26 heavy (non-hydrogen) atoms. The fraction of sp³-hybridized carbons (Fsp3) is 0.400. The molecule has 0 spiro atoms. The molecular formula is C20H25N3O2S. The van der Waals surface area contributed by atoms with Gasteiger partial charge in [-0.3, -0.25) is 9.69 Å². The van der Waals surface area contributed by atoms with Crippen molar-refractivity contribution < 1.29 is 9.53 Å². The normalized spacial score (nSPS) is 15.4. The number of rotatable bonds is 5. The third kappa shape index (κ3) is 3.38. The average Bonchev–Trinajstić information content (AvgIpc) is 2.98. The number of para-hydroxylation sites is 1. The number of anilines is 1. The maximum Gasteiger partial charge on any atom is 0.238 e. The van der Waals surface area contributed by atoms with E-state index in [1.165, 1.54) is 11.8 Å². The molecule has 138 valence electrons. The smallest absolute Gasteiger partial charge is 0.238 e. The Labute approximate surface area is 159 Å². The molecule has 2 aromatic rings. The van der Waals surface area contributed by atoms with E-state index in [1.807, 2.05) is 47.8 Å². The van der Waals surface area contributed by atoms with Crippen LogP contribution in [0.1, 0.15) is 33.3 Å². The Morgan fingerprint density at radius 2 is 2.12 bits per heavy atom. The number of carbonyl (C=O) groups is 1. The average molecular weight is 372 g/mol. The fourth-order valence-corrected chi connectivity index (χ4v) is 4.21. The van der Waals surface area contributed by atoms with Crippen molar-refractivity contribution in [2.45, 2.75) is 38.4 Å². The van der Waals surface area contributed by atoms with E-state index in [0.29, 0.717) is 12.4 Å². The van der Waals surface area contributed by atoms with Crippen molar-refractivity contribution in [3.8, 4) is 5.75 Å². The maximum atomic E-state index is 13.2. The van der Waals surface area contributed by atoms with Crippen molar-refractivity contribution in [3.63, 3.8) is 0 Å². The molecule has 1 aromatic heterocycles. The largest absolute Gasteiger partial charge is 0.492 e. The first-order chi connectivity index (χ1) is 12.3. The molecular weight excluding hydrogens is 346 g/mol. The molecule has 0 saturated carbocycles. The monoisotopic (exact) mass is 371 g/mol. The molecule has 1 aromatic carbocycles. The summed E-state index contributed by atoms with van der Waals surface area (Å²) in [6.45, 7) is 8.72.